The van der Waals surface area contributed by atoms with Crippen molar-refractivity contribution in [3.63, 3.8) is 0 Å². The van der Waals surface area contributed by atoms with Crippen LogP contribution in [0, 0.1) is 13.8 Å². The van der Waals surface area contributed by atoms with Gasteiger partial charge in [-0.05, 0) is 37.6 Å². The number of aromatic carboxylic acids is 1. The molecule has 0 aliphatic carbocycles. The van der Waals surface area contributed by atoms with Gasteiger partial charge in [-0.3, -0.25) is 4.40 Å². The van der Waals surface area contributed by atoms with Gasteiger partial charge in [-0.2, -0.15) is 0 Å². The molecule has 2 aromatic heterocycles. The van der Waals surface area contributed by atoms with Gasteiger partial charge >= 0.3 is 5.97 Å². The molecule has 2 heterocycles. The number of carboxylic acid groups (broad SMARTS) is 1. The first-order valence-electron chi connectivity index (χ1n) is 6.38. The van der Waals surface area contributed by atoms with E-state index in [9.17, 15) is 4.79 Å². The van der Waals surface area contributed by atoms with Crippen molar-refractivity contribution in [1.29, 1.82) is 0 Å². The van der Waals surface area contributed by atoms with E-state index < -0.39 is 5.97 Å². The minimum atomic E-state index is -0.912. The molecule has 0 radical (unpaired) electrons. The van der Waals surface area contributed by atoms with Crippen molar-refractivity contribution in [3.05, 3.63) is 40.5 Å². The van der Waals surface area contributed by atoms with Gasteiger partial charge in [0.15, 0.2) is 4.96 Å². The average Bonchev–Trinajstić information content (AvgIpc) is 2.99. The van der Waals surface area contributed by atoms with Crippen LogP contribution in [0.15, 0.2) is 24.4 Å². The van der Waals surface area contributed by atoms with Crippen LogP contribution in [-0.2, 0) is 0 Å². The largest absolute Gasteiger partial charge is 0.496 e. The summed E-state index contributed by atoms with van der Waals surface area (Å²) >= 11 is 1.19. The molecule has 0 saturated heterocycles. The molecule has 6 heteroatoms. The lowest BCUT2D eigenvalue weighted by atomic mass is 10.1. The second-order valence-electron chi connectivity index (χ2n) is 4.78. The van der Waals surface area contributed by atoms with Crippen LogP contribution >= 0.6 is 11.3 Å². The molecule has 108 valence electrons. The third-order valence-electron chi connectivity index (χ3n) is 3.44. The zero-order valence-electron chi connectivity index (χ0n) is 11.9. The van der Waals surface area contributed by atoms with Gasteiger partial charge in [0, 0.05) is 17.5 Å². The molecule has 21 heavy (non-hydrogen) atoms. The lowest BCUT2D eigenvalue weighted by Crippen LogP contribution is -1.96. The highest BCUT2D eigenvalue weighted by Gasteiger charge is 2.17. The molecule has 3 aromatic rings. The maximum Gasteiger partial charge on any atom is 0.347 e. The second kappa shape index (κ2) is 4.89. The number of fused-ring (bicyclic) bond motifs is 1. The number of aryl methyl sites for hydroxylation is 2. The lowest BCUT2D eigenvalue weighted by molar-refractivity contribution is 0.0701. The minimum absolute atomic E-state index is 0.329. The standard InChI is InChI=1S/C15H14N2O3S/c1-8-6-10(4-5-12(8)20-3)11-7-17-9(2)13(14(18)19)21-15(17)16-11/h4-7H,1-3H3,(H,18,19). The van der Waals surface area contributed by atoms with Crippen LogP contribution < -0.4 is 4.74 Å². The maximum atomic E-state index is 11.1. The van der Waals surface area contributed by atoms with E-state index in [2.05, 4.69) is 4.98 Å². The summed E-state index contributed by atoms with van der Waals surface area (Å²) in [5.74, 6) is -0.0750. The van der Waals surface area contributed by atoms with Crippen LogP contribution in [0.25, 0.3) is 16.2 Å². The van der Waals surface area contributed by atoms with E-state index in [4.69, 9.17) is 9.84 Å². The first-order valence-corrected chi connectivity index (χ1v) is 7.19. The molecular formula is C15H14N2O3S. The predicted molar refractivity (Wildman–Crippen MR) is 81.5 cm³/mol. The lowest BCUT2D eigenvalue weighted by Gasteiger charge is -2.05. The molecular weight excluding hydrogens is 288 g/mol. The second-order valence-corrected chi connectivity index (χ2v) is 5.76. The third-order valence-corrected chi connectivity index (χ3v) is 4.59. The van der Waals surface area contributed by atoms with Crippen LogP contribution in [0.1, 0.15) is 20.9 Å². The van der Waals surface area contributed by atoms with Crippen molar-refractivity contribution in [2.45, 2.75) is 13.8 Å². The number of carbonyl (C=O) groups is 1. The molecule has 5 nitrogen and oxygen atoms in total. The number of rotatable bonds is 3. The molecule has 0 atom stereocenters. The molecule has 0 fully saturated rings. The summed E-state index contributed by atoms with van der Waals surface area (Å²) in [7, 11) is 1.64. The van der Waals surface area contributed by atoms with Gasteiger partial charge in [0.05, 0.1) is 12.8 Å². The summed E-state index contributed by atoms with van der Waals surface area (Å²) < 4.78 is 7.07. The summed E-state index contributed by atoms with van der Waals surface area (Å²) in [5.41, 5.74) is 3.55. The Morgan fingerprint density at radius 2 is 2.14 bits per heavy atom. The van der Waals surface area contributed by atoms with Crippen LogP contribution in [0.4, 0.5) is 0 Å². The fourth-order valence-corrected chi connectivity index (χ4v) is 3.27. The molecule has 1 N–H and O–H groups in total. The Morgan fingerprint density at radius 1 is 1.38 bits per heavy atom. The summed E-state index contributed by atoms with van der Waals surface area (Å²) in [6.07, 6.45) is 1.87. The van der Waals surface area contributed by atoms with E-state index in [0.29, 0.717) is 15.5 Å². The van der Waals surface area contributed by atoms with Crippen LogP contribution in [0.3, 0.4) is 0 Å². The quantitative estimate of drug-likeness (QED) is 0.805. The number of hydrogen-bond donors (Lipinski definition) is 1. The van der Waals surface area contributed by atoms with Gasteiger partial charge in [-0.1, -0.05) is 11.3 Å². The zero-order valence-corrected chi connectivity index (χ0v) is 12.7. The number of nitrogens with zero attached hydrogens (tertiary/aromatic N) is 2. The number of hydrogen-bond acceptors (Lipinski definition) is 4. The van der Waals surface area contributed by atoms with E-state index in [1.807, 2.05) is 35.7 Å². The normalized spacial score (nSPS) is 11.0. The molecule has 1 aromatic carbocycles. The molecule has 0 amide bonds. The molecule has 0 unspecified atom stereocenters. The van der Waals surface area contributed by atoms with Crippen molar-refractivity contribution >= 4 is 22.3 Å². The Bertz CT molecular complexity index is 848. The summed E-state index contributed by atoms with van der Waals surface area (Å²) in [5, 5.41) is 9.12. The van der Waals surface area contributed by atoms with E-state index >= 15 is 0 Å². The van der Waals surface area contributed by atoms with Crippen molar-refractivity contribution < 1.29 is 14.6 Å². The van der Waals surface area contributed by atoms with Gasteiger partial charge in [0.25, 0.3) is 0 Å². The molecule has 3 rings (SSSR count). The highest BCUT2D eigenvalue weighted by Crippen LogP contribution is 2.29. The van der Waals surface area contributed by atoms with E-state index in [1.165, 1.54) is 11.3 Å². The monoisotopic (exact) mass is 302 g/mol. The number of imidazole rings is 1. The molecule has 0 aliphatic rings. The number of methoxy groups -OCH3 is 1. The third kappa shape index (κ3) is 2.17. The summed E-state index contributed by atoms with van der Waals surface area (Å²) in [4.78, 5) is 16.7. The highest BCUT2D eigenvalue weighted by molar-refractivity contribution is 7.19. The first kappa shape index (κ1) is 13.6. The predicted octanol–water partition coefficient (Wildman–Crippen LogP) is 3.39. The van der Waals surface area contributed by atoms with E-state index in [-0.39, 0.29) is 0 Å². The minimum Gasteiger partial charge on any atom is -0.496 e. The van der Waals surface area contributed by atoms with Gasteiger partial charge in [0.2, 0.25) is 0 Å². The van der Waals surface area contributed by atoms with Crippen LogP contribution in [0.5, 0.6) is 5.75 Å². The molecule has 0 bridgehead atoms. The Balaban J connectivity index is 2.09. The van der Waals surface area contributed by atoms with Gasteiger partial charge < -0.3 is 9.84 Å². The topological polar surface area (TPSA) is 63.8 Å². The average molecular weight is 302 g/mol. The number of carboxylic acids is 1. The fraction of sp³-hybridized carbons (Fsp3) is 0.200. The van der Waals surface area contributed by atoms with Crippen molar-refractivity contribution in [2.75, 3.05) is 7.11 Å². The van der Waals surface area contributed by atoms with E-state index in [0.717, 1.165) is 22.6 Å². The zero-order chi connectivity index (χ0) is 15.1. The van der Waals surface area contributed by atoms with Gasteiger partial charge in [0.1, 0.15) is 10.6 Å². The Kier molecular flexibility index (Phi) is 3.17. The summed E-state index contributed by atoms with van der Waals surface area (Å²) in [6.45, 7) is 3.77. The van der Waals surface area contributed by atoms with Crippen LogP contribution in [0.2, 0.25) is 0 Å². The fourth-order valence-electron chi connectivity index (χ4n) is 2.33. The smallest absolute Gasteiger partial charge is 0.347 e. The van der Waals surface area contributed by atoms with E-state index in [1.54, 1.807) is 14.0 Å². The number of aromatic nitrogens is 2. The maximum absolute atomic E-state index is 11.1. The summed E-state index contributed by atoms with van der Waals surface area (Å²) in [6, 6.07) is 5.87. The van der Waals surface area contributed by atoms with Crippen molar-refractivity contribution in [1.82, 2.24) is 9.38 Å². The molecule has 0 saturated carbocycles. The number of benzene rings is 1. The molecule has 0 spiro atoms. The SMILES string of the molecule is COc1ccc(-c2cn3c(C)c(C(=O)O)sc3n2)cc1C. The number of thiazole rings is 1. The highest BCUT2D eigenvalue weighted by atomic mass is 32.1. The van der Waals surface area contributed by atoms with Gasteiger partial charge in [-0.15, -0.1) is 0 Å². The molecule has 0 aliphatic heterocycles. The van der Waals surface area contributed by atoms with Gasteiger partial charge in [-0.25, -0.2) is 9.78 Å². The van der Waals surface area contributed by atoms with Crippen molar-refractivity contribution in [2.24, 2.45) is 0 Å². The Morgan fingerprint density at radius 3 is 2.71 bits per heavy atom. The Labute approximate surface area is 125 Å². The number of ether oxygens (including phenoxy) is 1. The Hall–Kier alpha value is -2.34. The van der Waals surface area contributed by atoms with Crippen LogP contribution in [-0.4, -0.2) is 27.6 Å². The first-order chi connectivity index (χ1) is 10.0. The van der Waals surface area contributed by atoms with Crippen molar-refractivity contribution in [3.8, 4) is 17.0 Å².